The van der Waals surface area contributed by atoms with Gasteiger partial charge in [0.15, 0.2) is 11.6 Å². The molecule has 1 aliphatic carbocycles. The van der Waals surface area contributed by atoms with Crippen molar-refractivity contribution in [2.45, 2.75) is 51.1 Å². The minimum atomic E-state index is -0.0463. The quantitative estimate of drug-likeness (QED) is 0.586. The lowest BCUT2D eigenvalue weighted by atomic mass is 9.83. The van der Waals surface area contributed by atoms with Crippen molar-refractivity contribution in [3.8, 4) is 0 Å². The predicted octanol–water partition coefficient (Wildman–Crippen LogP) is 5.26. The van der Waals surface area contributed by atoms with Crippen LogP contribution >= 0.6 is 0 Å². The lowest BCUT2D eigenvalue weighted by molar-refractivity contribution is 0.449. The fourth-order valence-electron chi connectivity index (χ4n) is 5.25. The van der Waals surface area contributed by atoms with Gasteiger partial charge in [0.25, 0.3) is 0 Å². The first kappa shape index (κ1) is 16.1. The van der Waals surface area contributed by atoms with Gasteiger partial charge in [0, 0.05) is 16.8 Å². The molecule has 0 amide bonds. The van der Waals surface area contributed by atoms with Gasteiger partial charge in [-0.3, -0.25) is 0 Å². The summed E-state index contributed by atoms with van der Waals surface area (Å²) in [7, 11) is 0. The zero-order chi connectivity index (χ0) is 18.9. The molecule has 2 aliphatic heterocycles. The fourth-order valence-corrected chi connectivity index (χ4v) is 5.25. The van der Waals surface area contributed by atoms with Gasteiger partial charge >= 0.3 is 0 Å². The second-order valence-electron chi connectivity index (χ2n) is 8.66. The lowest BCUT2D eigenvalue weighted by Gasteiger charge is -2.36. The molecule has 3 aromatic rings. The normalized spacial score (nSPS) is 21.1. The Bertz CT molecular complexity index is 1050. The van der Waals surface area contributed by atoms with Gasteiger partial charge in [0.2, 0.25) is 0 Å². The summed E-state index contributed by atoms with van der Waals surface area (Å²) < 4.78 is 0. The van der Waals surface area contributed by atoms with Crippen molar-refractivity contribution < 1.29 is 0 Å². The first-order chi connectivity index (χ1) is 13.7. The lowest BCUT2D eigenvalue weighted by Crippen LogP contribution is -2.46. The Morgan fingerprint density at radius 3 is 2.11 bits per heavy atom. The highest BCUT2D eigenvalue weighted by Gasteiger charge is 2.55. The van der Waals surface area contributed by atoms with Gasteiger partial charge in [-0.2, -0.15) is 0 Å². The number of para-hydroxylation sites is 2. The van der Waals surface area contributed by atoms with Gasteiger partial charge in [-0.15, -0.1) is 0 Å². The number of anilines is 4. The van der Waals surface area contributed by atoms with E-state index in [1.54, 1.807) is 0 Å². The number of aryl methyl sites for hydroxylation is 2. The van der Waals surface area contributed by atoms with Crippen molar-refractivity contribution in [3.63, 3.8) is 0 Å². The van der Waals surface area contributed by atoms with Crippen molar-refractivity contribution in [2.75, 3.05) is 9.80 Å². The average molecular weight is 368 g/mol. The molecule has 140 valence electrons. The fraction of sp³-hybridized carbons (Fsp3) is 0.333. The van der Waals surface area contributed by atoms with E-state index in [0.717, 1.165) is 24.5 Å². The summed E-state index contributed by atoms with van der Waals surface area (Å²) in [6.07, 6.45) is 4.67. The number of aromatic nitrogens is 2. The Labute approximate surface area is 165 Å². The number of rotatable bonds is 1. The second kappa shape index (κ2) is 5.57. The molecular weight excluding hydrogens is 344 g/mol. The monoisotopic (exact) mass is 368 g/mol. The van der Waals surface area contributed by atoms with Crippen LogP contribution in [0.4, 0.5) is 23.0 Å². The maximum absolute atomic E-state index is 5.20. The largest absolute Gasteiger partial charge is 0.301 e. The van der Waals surface area contributed by atoms with Crippen molar-refractivity contribution >= 4 is 23.0 Å². The van der Waals surface area contributed by atoms with Crippen LogP contribution in [0.1, 0.15) is 43.6 Å². The molecule has 28 heavy (non-hydrogen) atoms. The Balaban J connectivity index is 1.64. The molecule has 3 heterocycles. The van der Waals surface area contributed by atoms with Crippen LogP contribution in [0.25, 0.3) is 0 Å². The number of hydrogen-bond donors (Lipinski definition) is 0. The number of benzene rings is 2. The van der Waals surface area contributed by atoms with Crippen LogP contribution < -0.4 is 9.80 Å². The highest BCUT2D eigenvalue weighted by atomic mass is 15.5. The second-order valence-corrected chi connectivity index (χ2v) is 8.66. The molecule has 6 rings (SSSR count). The molecule has 4 heteroatoms. The Kier molecular flexibility index (Phi) is 3.20. The summed E-state index contributed by atoms with van der Waals surface area (Å²) in [5.74, 6) is 2.03. The van der Waals surface area contributed by atoms with E-state index in [4.69, 9.17) is 9.97 Å². The van der Waals surface area contributed by atoms with Crippen LogP contribution in [0.5, 0.6) is 0 Å². The van der Waals surface area contributed by atoms with Crippen LogP contribution in [0.15, 0.2) is 54.6 Å². The molecule has 3 aliphatic rings. The maximum atomic E-state index is 5.20. The zero-order valence-electron chi connectivity index (χ0n) is 16.4. The van der Waals surface area contributed by atoms with Gasteiger partial charge in [0.1, 0.15) is 6.17 Å². The molecule has 0 radical (unpaired) electrons. The van der Waals surface area contributed by atoms with Gasteiger partial charge in [0.05, 0.1) is 11.4 Å². The van der Waals surface area contributed by atoms with Gasteiger partial charge in [-0.25, -0.2) is 9.97 Å². The minimum absolute atomic E-state index is 0.0463. The van der Waals surface area contributed by atoms with Crippen LogP contribution in [0, 0.1) is 0 Å². The van der Waals surface area contributed by atoms with Gasteiger partial charge in [-0.05, 0) is 49.4 Å². The average Bonchev–Trinajstić information content (AvgIpc) is 3.18. The number of fused-ring (bicyclic) bond motifs is 6. The van der Waals surface area contributed by atoms with Crippen molar-refractivity contribution in [3.05, 3.63) is 71.5 Å². The number of hydrogen-bond acceptors (Lipinski definition) is 4. The van der Waals surface area contributed by atoms with E-state index in [2.05, 4.69) is 78.2 Å². The van der Waals surface area contributed by atoms with Gasteiger partial charge < -0.3 is 9.80 Å². The van der Waals surface area contributed by atoms with E-state index in [0.29, 0.717) is 0 Å². The van der Waals surface area contributed by atoms with Crippen LogP contribution in [-0.4, -0.2) is 16.1 Å². The molecule has 4 nitrogen and oxygen atoms in total. The maximum Gasteiger partial charge on any atom is 0.178 e. The third-order valence-electron chi connectivity index (χ3n) is 6.58. The topological polar surface area (TPSA) is 32.3 Å². The summed E-state index contributed by atoms with van der Waals surface area (Å²) in [6, 6.07) is 19.4. The third-order valence-corrected chi connectivity index (χ3v) is 6.58. The molecule has 0 saturated heterocycles. The first-order valence-corrected chi connectivity index (χ1v) is 10.3. The van der Waals surface area contributed by atoms with E-state index in [1.807, 2.05) is 0 Å². The Morgan fingerprint density at radius 1 is 0.786 bits per heavy atom. The summed E-state index contributed by atoms with van der Waals surface area (Å²) in [4.78, 5) is 15.2. The summed E-state index contributed by atoms with van der Waals surface area (Å²) in [5.41, 5.74) is 6.17. The molecule has 0 fully saturated rings. The van der Waals surface area contributed by atoms with Gasteiger partial charge in [-0.1, -0.05) is 50.2 Å². The summed E-state index contributed by atoms with van der Waals surface area (Å²) in [6.45, 7) is 4.69. The highest BCUT2D eigenvalue weighted by molar-refractivity contribution is 5.88. The predicted molar refractivity (Wildman–Crippen MR) is 113 cm³/mol. The Morgan fingerprint density at radius 2 is 1.39 bits per heavy atom. The summed E-state index contributed by atoms with van der Waals surface area (Å²) in [5, 5.41) is 0. The highest BCUT2D eigenvalue weighted by Crippen LogP contribution is 2.57. The molecule has 1 atom stereocenters. The van der Waals surface area contributed by atoms with E-state index in [-0.39, 0.29) is 11.6 Å². The molecule has 0 N–H and O–H groups in total. The van der Waals surface area contributed by atoms with Crippen molar-refractivity contribution in [2.24, 2.45) is 0 Å². The van der Waals surface area contributed by atoms with Crippen molar-refractivity contribution in [1.82, 2.24) is 9.97 Å². The number of nitrogens with zero attached hydrogens (tertiary/aromatic N) is 4. The molecule has 0 bridgehead atoms. The minimum Gasteiger partial charge on any atom is -0.301 e. The molecule has 0 saturated carbocycles. The molecular formula is C24H24N4. The first-order valence-electron chi connectivity index (χ1n) is 10.3. The van der Waals surface area contributed by atoms with Crippen LogP contribution in [0.3, 0.4) is 0 Å². The van der Waals surface area contributed by atoms with E-state index >= 15 is 0 Å². The zero-order valence-corrected chi connectivity index (χ0v) is 16.4. The van der Waals surface area contributed by atoms with Crippen LogP contribution in [0.2, 0.25) is 0 Å². The molecule has 0 spiro atoms. The molecule has 1 aromatic heterocycles. The third kappa shape index (κ3) is 2.00. The van der Waals surface area contributed by atoms with E-state index < -0.39 is 0 Å². The SMILES string of the molecule is CC1(C)c2ccccc2N2c3nc4c(nc3N(c3ccccc3)C21)CCCC4. The summed E-state index contributed by atoms with van der Waals surface area (Å²) >= 11 is 0. The molecule has 1 unspecified atom stereocenters. The smallest absolute Gasteiger partial charge is 0.178 e. The molecule has 2 aromatic carbocycles. The van der Waals surface area contributed by atoms with Crippen LogP contribution in [-0.2, 0) is 18.3 Å². The van der Waals surface area contributed by atoms with Crippen molar-refractivity contribution in [1.29, 1.82) is 0 Å². The van der Waals surface area contributed by atoms with E-state index in [9.17, 15) is 0 Å². The Hall–Kier alpha value is -2.88. The van der Waals surface area contributed by atoms with E-state index in [1.165, 1.54) is 41.2 Å². The standard InChI is InChI=1S/C24H24N4/c1-24(2)17-12-6-9-15-20(17)28-22-21(25-18-13-7-8-14-19(18)26-22)27(23(24)28)16-10-4-3-5-11-16/h3-6,9-12,15,23H,7-8,13-14H2,1-2H3.